The highest BCUT2D eigenvalue weighted by molar-refractivity contribution is 5.06. The summed E-state index contributed by atoms with van der Waals surface area (Å²) < 4.78 is 37.6. The van der Waals surface area contributed by atoms with Crippen molar-refractivity contribution < 1.29 is 13.2 Å². The Morgan fingerprint density at radius 1 is 1.30 bits per heavy atom. The van der Waals surface area contributed by atoms with Gasteiger partial charge in [-0.25, -0.2) is 9.97 Å². The molecule has 0 saturated carbocycles. The molecule has 0 radical (unpaired) electrons. The lowest BCUT2D eigenvalue weighted by Crippen LogP contribution is -2.30. The quantitative estimate of drug-likeness (QED) is 0.852. The number of rotatable bonds is 4. The second kappa shape index (κ2) is 6.52. The standard InChI is InChI=1S/C14H20F3N3/c1-20-9-6-11(7-10-20)3-2-4-13-18-8-5-12(19-13)14(15,16)17/h5,8,11H,2-4,6-7,9-10H2,1H3. The van der Waals surface area contributed by atoms with Crippen molar-refractivity contribution in [1.82, 2.24) is 14.9 Å². The SMILES string of the molecule is CN1CCC(CCCc2nccc(C(F)(F)F)n2)CC1. The molecule has 0 amide bonds. The van der Waals surface area contributed by atoms with Gasteiger partial charge in [0.05, 0.1) is 0 Å². The van der Waals surface area contributed by atoms with Gasteiger partial charge in [0.1, 0.15) is 11.5 Å². The van der Waals surface area contributed by atoms with Crippen molar-refractivity contribution in [3.63, 3.8) is 0 Å². The number of aromatic nitrogens is 2. The van der Waals surface area contributed by atoms with E-state index in [1.165, 1.54) is 19.0 Å². The Kier molecular flexibility index (Phi) is 4.96. The summed E-state index contributed by atoms with van der Waals surface area (Å²) in [4.78, 5) is 9.83. The third kappa shape index (κ3) is 4.44. The maximum atomic E-state index is 12.5. The van der Waals surface area contributed by atoms with Crippen LogP contribution in [0.4, 0.5) is 13.2 Å². The van der Waals surface area contributed by atoms with E-state index in [1.807, 2.05) is 0 Å². The summed E-state index contributed by atoms with van der Waals surface area (Å²) in [5, 5.41) is 0. The Hall–Kier alpha value is -1.17. The summed E-state index contributed by atoms with van der Waals surface area (Å²) in [6.45, 7) is 2.23. The molecule has 1 aromatic rings. The van der Waals surface area contributed by atoms with Crippen molar-refractivity contribution in [2.45, 2.75) is 38.3 Å². The first kappa shape index (κ1) is 15.2. The van der Waals surface area contributed by atoms with Crippen molar-refractivity contribution in [2.24, 2.45) is 5.92 Å². The van der Waals surface area contributed by atoms with E-state index >= 15 is 0 Å². The highest BCUT2D eigenvalue weighted by Gasteiger charge is 2.32. The summed E-state index contributed by atoms with van der Waals surface area (Å²) in [5.41, 5.74) is -0.846. The zero-order valence-electron chi connectivity index (χ0n) is 11.7. The van der Waals surface area contributed by atoms with Gasteiger partial charge in [0.2, 0.25) is 0 Å². The largest absolute Gasteiger partial charge is 0.433 e. The van der Waals surface area contributed by atoms with Gasteiger partial charge in [0.25, 0.3) is 0 Å². The Bertz CT molecular complexity index is 426. The van der Waals surface area contributed by atoms with Crippen LogP contribution in [0.2, 0.25) is 0 Å². The van der Waals surface area contributed by atoms with Gasteiger partial charge in [-0.1, -0.05) is 0 Å². The smallest absolute Gasteiger partial charge is 0.306 e. The van der Waals surface area contributed by atoms with E-state index in [1.54, 1.807) is 0 Å². The summed E-state index contributed by atoms with van der Waals surface area (Å²) in [5.74, 6) is 0.991. The Morgan fingerprint density at radius 2 is 2.00 bits per heavy atom. The molecule has 0 N–H and O–H groups in total. The minimum absolute atomic E-state index is 0.299. The molecule has 1 fully saturated rings. The molecule has 2 heterocycles. The molecule has 6 heteroatoms. The number of piperidine rings is 1. The van der Waals surface area contributed by atoms with Crippen LogP contribution in [-0.4, -0.2) is 35.0 Å². The normalized spacial score (nSPS) is 18.4. The molecule has 20 heavy (non-hydrogen) atoms. The molecule has 0 bridgehead atoms. The first-order valence-electron chi connectivity index (χ1n) is 7.03. The Balaban J connectivity index is 1.79. The van der Waals surface area contributed by atoms with Crippen LogP contribution in [0.15, 0.2) is 12.3 Å². The van der Waals surface area contributed by atoms with Crippen LogP contribution in [-0.2, 0) is 12.6 Å². The van der Waals surface area contributed by atoms with Gasteiger partial charge in [-0.05, 0) is 57.8 Å². The maximum Gasteiger partial charge on any atom is 0.433 e. The number of nitrogens with zero attached hydrogens (tertiary/aromatic N) is 3. The van der Waals surface area contributed by atoms with Crippen molar-refractivity contribution in [3.05, 3.63) is 23.8 Å². The lowest BCUT2D eigenvalue weighted by Gasteiger charge is -2.28. The first-order valence-corrected chi connectivity index (χ1v) is 7.03. The lowest BCUT2D eigenvalue weighted by molar-refractivity contribution is -0.141. The summed E-state index contributed by atoms with van der Waals surface area (Å²) in [6.07, 6.45) is 1.60. The zero-order chi connectivity index (χ0) is 14.6. The van der Waals surface area contributed by atoms with Crippen LogP contribution < -0.4 is 0 Å². The Labute approximate surface area is 117 Å². The van der Waals surface area contributed by atoms with Crippen LogP contribution in [0.5, 0.6) is 0 Å². The molecule has 2 rings (SSSR count). The molecule has 1 aliphatic rings. The molecule has 0 aromatic carbocycles. The molecule has 3 nitrogen and oxygen atoms in total. The highest BCUT2D eigenvalue weighted by Crippen LogP contribution is 2.27. The lowest BCUT2D eigenvalue weighted by atomic mass is 9.92. The summed E-state index contributed by atoms with van der Waals surface area (Å²) in [7, 11) is 2.12. The van der Waals surface area contributed by atoms with Gasteiger partial charge in [-0.2, -0.15) is 13.2 Å². The van der Waals surface area contributed by atoms with Gasteiger partial charge in [0.15, 0.2) is 0 Å². The third-order valence-electron chi connectivity index (χ3n) is 3.85. The van der Waals surface area contributed by atoms with E-state index in [9.17, 15) is 13.2 Å². The van der Waals surface area contributed by atoms with Gasteiger partial charge in [-0.15, -0.1) is 0 Å². The molecule has 1 aliphatic heterocycles. The average molecular weight is 287 g/mol. The van der Waals surface area contributed by atoms with E-state index in [0.29, 0.717) is 18.2 Å². The summed E-state index contributed by atoms with van der Waals surface area (Å²) in [6, 6.07) is 0.917. The van der Waals surface area contributed by atoms with Crippen molar-refractivity contribution in [1.29, 1.82) is 0 Å². The molecular formula is C14H20F3N3. The van der Waals surface area contributed by atoms with E-state index in [2.05, 4.69) is 21.9 Å². The monoisotopic (exact) mass is 287 g/mol. The predicted molar refractivity (Wildman–Crippen MR) is 70.2 cm³/mol. The van der Waals surface area contributed by atoms with E-state index < -0.39 is 11.9 Å². The van der Waals surface area contributed by atoms with Crippen molar-refractivity contribution in [3.8, 4) is 0 Å². The van der Waals surface area contributed by atoms with Crippen molar-refractivity contribution in [2.75, 3.05) is 20.1 Å². The van der Waals surface area contributed by atoms with Gasteiger partial charge in [-0.3, -0.25) is 0 Å². The Morgan fingerprint density at radius 3 is 2.65 bits per heavy atom. The van der Waals surface area contributed by atoms with Gasteiger partial charge < -0.3 is 4.90 Å². The van der Waals surface area contributed by atoms with E-state index in [0.717, 1.165) is 32.0 Å². The van der Waals surface area contributed by atoms with Crippen LogP contribution in [0.25, 0.3) is 0 Å². The number of alkyl halides is 3. The first-order chi connectivity index (χ1) is 9.45. The molecule has 112 valence electrons. The van der Waals surface area contributed by atoms with Gasteiger partial charge in [0, 0.05) is 12.6 Å². The van der Waals surface area contributed by atoms with Crippen LogP contribution in [0.1, 0.15) is 37.2 Å². The van der Waals surface area contributed by atoms with Crippen LogP contribution >= 0.6 is 0 Å². The molecule has 1 saturated heterocycles. The minimum Gasteiger partial charge on any atom is -0.306 e. The number of likely N-dealkylation sites (tertiary alicyclic amines) is 1. The van der Waals surface area contributed by atoms with E-state index in [4.69, 9.17) is 0 Å². The fraction of sp³-hybridized carbons (Fsp3) is 0.714. The van der Waals surface area contributed by atoms with Crippen LogP contribution in [0, 0.1) is 5.92 Å². The molecule has 0 atom stereocenters. The second-order valence-corrected chi connectivity index (χ2v) is 5.49. The molecular weight excluding hydrogens is 267 g/mol. The fourth-order valence-corrected chi connectivity index (χ4v) is 2.58. The highest BCUT2D eigenvalue weighted by atomic mass is 19.4. The molecule has 0 spiro atoms. The van der Waals surface area contributed by atoms with Crippen molar-refractivity contribution >= 4 is 0 Å². The minimum atomic E-state index is -4.38. The number of aryl methyl sites for hydroxylation is 1. The topological polar surface area (TPSA) is 29.0 Å². The number of halogens is 3. The zero-order valence-corrected chi connectivity index (χ0v) is 11.7. The molecule has 0 unspecified atom stereocenters. The summed E-state index contributed by atoms with van der Waals surface area (Å²) >= 11 is 0. The molecule has 1 aromatic heterocycles. The molecule has 0 aliphatic carbocycles. The third-order valence-corrected chi connectivity index (χ3v) is 3.85. The van der Waals surface area contributed by atoms with Crippen LogP contribution in [0.3, 0.4) is 0 Å². The number of hydrogen-bond donors (Lipinski definition) is 0. The fourth-order valence-electron chi connectivity index (χ4n) is 2.58. The number of hydrogen-bond acceptors (Lipinski definition) is 3. The van der Waals surface area contributed by atoms with Gasteiger partial charge >= 0.3 is 6.18 Å². The van der Waals surface area contributed by atoms with E-state index in [-0.39, 0.29) is 0 Å². The second-order valence-electron chi connectivity index (χ2n) is 5.49. The maximum absolute atomic E-state index is 12.5. The average Bonchev–Trinajstić information content (AvgIpc) is 2.40. The predicted octanol–water partition coefficient (Wildman–Crippen LogP) is 3.16.